The van der Waals surface area contributed by atoms with Crippen LogP contribution in [-0.4, -0.2) is 19.9 Å². The van der Waals surface area contributed by atoms with E-state index in [1.54, 1.807) is 73.4 Å². The maximum atomic E-state index is 13.2. The topological polar surface area (TPSA) is 51.6 Å². The Kier molecular flexibility index (Phi) is 21.4. The molecule has 0 N–H and O–H groups in total. The van der Waals surface area contributed by atoms with E-state index in [1.165, 1.54) is 0 Å². The standard InChI is InChI=1S/2C11H6F2N.C5H5NS.C5H5N.2Pt.H2S/c2*12-8-4-5-9(10(13)7-8)11-3-1-2-6-14-11;7-5-3-1-2-4-6-5;1-2-4-6-5-3-1;;;/h2*1-4,6-7H;1-4H,(H,6,7);1-5H;;;1H2/q2*-1;;;2*+2;/p-2. The molecule has 0 aliphatic carbocycles. The molecule has 0 saturated carbocycles. The maximum absolute atomic E-state index is 13.2. The molecule has 12 heteroatoms. The summed E-state index contributed by atoms with van der Waals surface area (Å²) < 4.78 is 51.6. The van der Waals surface area contributed by atoms with Crippen molar-refractivity contribution in [2.45, 2.75) is 5.03 Å². The Bertz CT molecular complexity index is 1480. The maximum Gasteiger partial charge on any atom is 2.00 e. The zero-order chi connectivity index (χ0) is 29.3. The van der Waals surface area contributed by atoms with Crippen LogP contribution in [0.25, 0.3) is 22.5 Å². The van der Waals surface area contributed by atoms with E-state index < -0.39 is 23.3 Å². The van der Waals surface area contributed by atoms with Crippen LogP contribution in [0.15, 0.2) is 133 Å². The fourth-order valence-electron chi connectivity index (χ4n) is 2.96. The quantitative estimate of drug-likeness (QED) is 0.0779. The van der Waals surface area contributed by atoms with Crippen LogP contribution in [0, 0.1) is 35.4 Å². The number of thiol groups is 1. The second-order valence-electron chi connectivity index (χ2n) is 7.70. The normalized spacial score (nSPS) is 8.91. The molecule has 0 spiro atoms. The second-order valence-corrected chi connectivity index (χ2v) is 8.12. The Balaban J connectivity index is 0.000000579. The molecule has 6 aromatic rings. The molecular weight excluding hydrogens is 971 g/mol. The summed E-state index contributed by atoms with van der Waals surface area (Å²) in [7, 11) is 0. The minimum Gasteiger partial charge on any atom is -0.813 e. The number of pyridine rings is 4. The third kappa shape index (κ3) is 14.9. The predicted molar refractivity (Wildman–Crippen MR) is 160 cm³/mol. The fraction of sp³-hybridized carbons (Fsp3) is 0. The van der Waals surface area contributed by atoms with Crippen LogP contribution in [0.5, 0.6) is 0 Å². The summed E-state index contributed by atoms with van der Waals surface area (Å²) in [6.07, 6.45) is 8.28. The molecule has 4 heterocycles. The van der Waals surface area contributed by atoms with Crippen LogP contribution in [0.4, 0.5) is 17.6 Å². The second kappa shape index (κ2) is 23.1. The van der Waals surface area contributed by atoms with Gasteiger partial charge in [-0.2, -0.15) is 0 Å². The van der Waals surface area contributed by atoms with Gasteiger partial charge in [0.25, 0.3) is 0 Å². The average molecular weight is 993 g/mol. The van der Waals surface area contributed by atoms with Gasteiger partial charge in [0.1, 0.15) is 0 Å². The van der Waals surface area contributed by atoms with Crippen molar-refractivity contribution in [1.29, 1.82) is 0 Å². The van der Waals surface area contributed by atoms with Gasteiger partial charge in [0, 0.05) is 54.3 Å². The van der Waals surface area contributed by atoms with Gasteiger partial charge in [-0.25, -0.2) is 0 Å². The molecule has 230 valence electrons. The van der Waals surface area contributed by atoms with Crippen molar-refractivity contribution in [3.63, 3.8) is 0 Å². The third-order valence-corrected chi connectivity index (χ3v) is 5.00. The molecule has 0 unspecified atom stereocenters. The zero-order valence-corrected chi connectivity index (χ0v) is 28.7. The fourth-order valence-corrected chi connectivity index (χ4v) is 3.10. The molecule has 0 atom stereocenters. The number of halogens is 4. The minimum absolute atomic E-state index is 0. The zero-order valence-electron chi connectivity index (χ0n) is 22.4. The van der Waals surface area contributed by atoms with Gasteiger partial charge in [-0.1, -0.05) is 70.8 Å². The van der Waals surface area contributed by atoms with Crippen LogP contribution in [-0.2, 0) is 68.3 Å². The van der Waals surface area contributed by atoms with Crippen molar-refractivity contribution in [2.75, 3.05) is 0 Å². The number of benzene rings is 2. The van der Waals surface area contributed by atoms with Crippen molar-refractivity contribution >= 4 is 26.1 Å². The molecule has 0 amide bonds. The van der Waals surface area contributed by atoms with Crippen LogP contribution in [0.1, 0.15) is 0 Å². The first kappa shape index (κ1) is 40.7. The first-order valence-corrected chi connectivity index (χ1v) is 12.3. The molecular formula is C32H22F4N4Pt2S2. The van der Waals surface area contributed by atoms with Crippen molar-refractivity contribution in [2.24, 2.45) is 0 Å². The van der Waals surface area contributed by atoms with E-state index in [0.29, 0.717) is 16.4 Å². The molecule has 44 heavy (non-hydrogen) atoms. The smallest absolute Gasteiger partial charge is 0.813 e. The van der Waals surface area contributed by atoms with Crippen molar-refractivity contribution in [3.05, 3.63) is 163 Å². The molecule has 0 fully saturated rings. The molecule has 0 aliphatic rings. The van der Waals surface area contributed by atoms with Crippen molar-refractivity contribution < 1.29 is 59.7 Å². The van der Waals surface area contributed by atoms with E-state index in [1.807, 2.05) is 30.3 Å². The van der Waals surface area contributed by atoms with Crippen molar-refractivity contribution in [1.82, 2.24) is 19.9 Å². The van der Waals surface area contributed by atoms with Crippen LogP contribution < -0.4 is 0 Å². The summed E-state index contributed by atoms with van der Waals surface area (Å²) in [5.41, 5.74) is 1.27. The van der Waals surface area contributed by atoms with Gasteiger partial charge in [0.05, 0.1) is 0 Å². The van der Waals surface area contributed by atoms with Crippen LogP contribution >= 0.6 is 0 Å². The Morgan fingerprint density at radius 1 is 0.523 bits per heavy atom. The predicted octanol–water partition coefficient (Wildman–Crippen LogP) is 7.45. The number of aromatic nitrogens is 4. The summed E-state index contributed by atoms with van der Waals surface area (Å²) in [5, 5.41) is 0.655. The van der Waals surface area contributed by atoms with E-state index in [2.05, 4.69) is 32.1 Å². The molecule has 0 saturated heterocycles. The van der Waals surface area contributed by atoms with Crippen LogP contribution in [0.3, 0.4) is 0 Å². The number of hydrogen-bond donors (Lipinski definition) is 0. The minimum atomic E-state index is -0.649. The van der Waals surface area contributed by atoms with E-state index in [0.717, 1.165) is 24.3 Å². The summed E-state index contributed by atoms with van der Waals surface area (Å²) in [6, 6.07) is 30.3. The Morgan fingerprint density at radius 2 is 0.932 bits per heavy atom. The SMILES string of the molecule is Fc1c[c-]c(-c2ccccn2)c(F)c1.Fc1c[c-]c(-c2ccccn2)c(F)c1.[Pt+2].[Pt+2].[S-]c1ccccn1.[SH-].c1ccncc1. The largest absolute Gasteiger partial charge is 2.00 e. The van der Waals surface area contributed by atoms with Gasteiger partial charge in [-0.05, 0) is 41.7 Å². The molecule has 4 nitrogen and oxygen atoms in total. The first-order valence-electron chi connectivity index (χ1n) is 11.9. The van der Waals surface area contributed by atoms with Gasteiger partial charge in [0.15, 0.2) is 0 Å². The third-order valence-electron chi connectivity index (χ3n) is 4.76. The van der Waals surface area contributed by atoms with Gasteiger partial charge >= 0.3 is 42.1 Å². The first-order chi connectivity index (χ1) is 19.9. The Labute approximate surface area is 294 Å². The summed E-state index contributed by atoms with van der Waals surface area (Å²) in [6.45, 7) is 0. The van der Waals surface area contributed by atoms with Gasteiger partial charge in [-0.15, -0.1) is 24.3 Å². The van der Waals surface area contributed by atoms with E-state index >= 15 is 0 Å². The molecule has 0 bridgehead atoms. The molecule has 0 radical (unpaired) electrons. The van der Waals surface area contributed by atoms with Crippen molar-refractivity contribution in [3.8, 4) is 22.5 Å². The van der Waals surface area contributed by atoms with Gasteiger partial charge in [0.2, 0.25) is 0 Å². The van der Waals surface area contributed by atoms with E-state index in [9.17, 15) is 17.6 Å². The number of rotatable bonds is 2. The Morgan fingerprint density at radius 3 is 1.18 bits per heavy atom. The number of hydrogen-bond acceptors (Lipinski definition) is 6. The van der Waals surface area contributed by atoms with Crippen LogP contribution in [0.2, 0.25) is 0 Å². The van der Waals surface area contributed by atoms with Gasteiger partial charge in [-0.3, -0.25) is 27.5 Å². The summed E-state index contributed by atoms with van der Waals surface area (Å²) in [4.78, 5) is 15.5. The molecule has 0 aliphatic heterocycles. The summed E-state index contributed by atoms with van der Waals surface area (Å²) in [5.74, 6) is -2.57. The molecule has 4 aromatic heterocycles. The average Bonchev–Trinajstić information content (AvgIpc) is 3.00. The summed E-state index contributed by atoms with van der Waals surface area (Å²) >= 11 is 4.70. The molecule has 2 aromatic carbocycles. The Hall–Kier alpha value is -3.29. The molecule has 6 rings (SSSR count). The van der Waals surface area contributed by atoms with E-state index in [4.69, 9.17) is 12.6 Å². The monoisotopic (exact) mass is 992 g/mol. The van der Waals surface area contributed by atoms with Gasteiger partial charge < -0.3 is 36.1 Å². The van der Waals surface area contributed by atoms with E-state index in [-0.39, 0.29) is 66.8 Å². The number of nitrogens with zero attached hydrogens (tertiary/aromatic N) is 4.